The number of carboxylic acids is 1. The molecule has 0 amide bonds. The third-order valence-electron chi connectivity index (χ3n) is 15.3. The molecule has 0 spiro atoms. The molecule has 10 unspecified atom stereocenters. The van der Waals surface area contributed by atoms with E-state index in [4.69, 9.17) is 24.3 Å². The Morgan fingerprint density at radius 1 is 1.06 bits per heavy atom. The first kappa shape index (κ1) is 33.5. The Labute approximate surface area is 290 Å². The first-order valence-corrected chi connectivity index (χ1v) is 18.7. The van der Waals surface area contributed by atoms with Crippen molar-refractivity contribution in [3.63, 3.8) is 0 Å². The van der Waals surface area contributed by atoms with E-state index >= 15 is 0 Å². The predicted molar refractivity (Wildman–Crippen MR) is 185 cm³/mol. The molecule has 10 heteroatoms. The van der Waals surface area contributed by atoms with Crippen molar-refractivity contribution >= 4 is 5.97 Å². The van der Waals surface area contributed by atoms with Crippen molar-refractivity contribution in [1.29, 1.82) is 0 Å². The van der Waals surface area contributed by atoms with Crippen LogP contribution in [-0.2, 0) is 19.0 Å². The zero-order valence-electron chi connectivity index (χ0n) is 30.0. The van der Waals surface area contributed by atoms with Gasteiger partial charge in [-0.05, 0) is 99.1 Å². The summed E-state index contributed by atoms with van der Waals surface area (Å²) in [7, 11) is 2.05. The molecule has 3 saturated carbocycles. The number of allylic oxidation sites excluding steroid dienone is 1. The average molecular weight is 674 g/mol. The van der Waals surface area contributed by atoms with Crippen molar-refractivity contribution in [1.82, 2.24) is 25.1 Å². The molecular weight excluding hydrogens is 618 g/mol. The number of carbonyl (C=O) groups is 1. The molecule has 2 bridgehead atoms. The van der Waals surface area contributed by atoms with Crippen LogP contribution in [0.4, 0.5) is 0 Å². The lowest BCUT2D eigenvalue weighted by Gasteiger charge is -2.70. The van der Waals surface area contributed by atoms with E-state index in [0.29, 0.717) is 31.7 Å². The van der Waals surface area contributed by atoms with Gasteiger partial charge in [-0.25, -0.2) is 9.67 Å². The fraction of sp³-hybridized carbons (Fsp3) is 0.744. The normalized spacial score (nSPS) is 42.7. The minimum absolute atomic E-state index is 0.0662. The second-order valence-electron chi connectivity index (χ2n) is 17.3. The standard InChI is InChI=1S/C39H55N5O5/c1-25-8-12-36(3)27-6-7-30-35(2)21-48-23-39(30,28(27)9-13-37(36,4)31(25)34(45)46)20-29(32(35)49-22-38(40-5)14-18-47-19-15-38)44-33(42-24-43-44)26-10-16-41-17-11-26/h9-11,16-17,24-25,27,29-32,40H,6-8,12-15,18-23H2,1-5H3,(H,45,46). The molecule has 2 saturated heterocycles. The summed E-state index contributed by atoms with van der Waals surface area (Å²) in [4.78, 5) is 22.0. The smallest absolute Gasteiger partial charge is 0.307 e. The maximum atomic E-state index is 12.9. The second kappa shape index (κ2) is 12.0. The number of likely N-dealkylation sites (N-methyl/N-ethyl adjacent to an activating group) is 1. The predicted octanol–water partition coefficient (Wildman–Crippen LogP) is 5.96. The van der Waals surface area contributed by atoms with E-state index in [-0.39, 0.29) is 51.2 Å². The zero-order chi connectivity index (χ0) is 34.2. The number of carboxylic acid groups (broad SMARTS) is 1. The van der Waals surface area contributed by atoms with Crippen LogP contribution in [0.2, 0.25) is 0 Å². The molecule has 49 heavy (non-hydrogen) atoms. The van der Waals surface area contributed by atoms with Crippen LogP contribution in [-0.4, -0.2) is 82.5 Å². The summed E-state index contributed by atoms with van der Waals surface area (Å²) in [5.74, 6) is 0.751. The van der Waals surface area contributed by atoms with Gasteiger partial charge in [0.1, 0.15) is 6.33 Å². The van der Waals surface area contributed by atoms with Crippen LogP contribution in [0.3, 0.4) is 0 Å². The lowest BCUT2D eigenvalue weighted by molar-refractivity contribution is -0.251. The van der Waals surface area contributed by atoms with Crippen LogP contribution in [0.25, 0.3) is 11.4 Å². The fourth-order valence-electron chi connectivity index (χ4n) is 12.5. The minimum atomic E-state index is -0.630. The highest BCUT2D eigenvalue weighted by atomic mass is 16.5. The summed E-state index contributed by atoms with van der Waals surface area (Å²) in [6, 6.07) is 3.95. The molecule has 0 radical (unpaired) electrons. The Morgan fingerprint density at radius 2 is 1.84 bits per heavy atom. The average Bonchev–Trinajstić information content (AvgIpc) is 3.59. The molecule has 4 heterocycles. The molecule has 2 aromatic heterocycles. The summed E-state index contributed by atoms with van der Waals surface area (Å²) in [5, 5.41) is 19.2. The molecule has 2 aromatic rings. The molecule has 2 N–H and O–H groups in total. The van der Waals surface area contributed by atoms with Gasteiger partial charge in [-0.1, -0.05) is 39.3 Å². The third-order valence-corrected chi connectivity index (χ3v) is 15.3. The van der Waals surface area contributed by atoms with E-state index in [1.54, 1.807) is 6.33 Å². The Morgan fingerprint density at radius 3 is 2.57 bits per heavy atom. The van der Waals surface area contributed by atoms with Gasteiger partial charge in [-0.15, -0.1) is 0 Å². The summed E-state index contributed by atoms with van der Waals surface area (Å²) >= 11 is 0. The number of nitrogens with zero attached hydrogens (tertiary/aromatic N) is 4. The van der Waals surface area contributed by atoms with Crippen LogP contribution in [0.5, 0.6) is 0 Å². The number of hydrogen-bond donors (Lipinski definition) is 2. The number of hydrogen-bond acceptors (Lipinski definition) is 8. The van der Waals surface area contributed by atoms with Crippen molar-refractivity contribution < 1.29 is 24.1 Å². The van der Waals surface area contributed by atoms with Gasteiger partial charge in [0.15, 0.2) is 5.82 Å². The second-order valence-corrected chi connectivity index (χ2v) is 17.3. The van der Waals surface area contributed by atoms with Gasteiger partial charge < -0.3 is 24.6 Å². The van der Waals surface area contributed by atoms with E-state index in [9.17, 15) is 9.90 Å². The maximum absolute atomic E-state index is 12.9. The van der Waals surface area contributed by atoms with Gasteiger partial charge in [-0.2, -0.15) is 5.10 Å². The van der Waals surface area contributed by atoms with Gasteiger partial charge >= 0.3 is 5.97 Å². The third kappa shape index (κ3) is 4.79. The van der Waals surface area contributed by atoms with Gasteiger partial charge in [-0.3, -0.25) is 9.78 Å². The number of rotatable bonds is 7. The minimum Gasteiger partial charge on any atom is -0.481 e. The highest BCUT2D eigenvalue weighted by Gasteiger charge is 2.70. The van der Waals surface area contributed by atoms with Crippen molar-refractivity contribution in [2.24, 2.45) is 45.3 Å². The van der Waals surface area contributed by atoms with E-state index in [1.165, 1.54) is 5.57 Å². The molecule has 2 aliphatic heterocycles. The quantitative estimate of drug-likeness (QED) is 0.343. The van der Waals surface area contributed by atoms with Gasteiger partial charge in [0.25, 0.3) is 0 Å². The number of aromatic nitrogens is 4. The Hall–Kier alpha value is -2.66. The Kier molecular flexibility index (Phi) is 8.17. The van der Waals surface area contributed by atoms with Crippen LogP contribution in [0.15, 0.2) is 42.5 Å². The van der Waals surface area contributed by atoms with Crippen molar-refractivity contribution in [3.8, 4) is 11.4 Å². The monoisotopic (exact) mass is 673 g/mol. The molecule has 0 aromatic carbocycles. The number of fused-ring (bicyclic) bond motifs is 3. The van der Waals surface area contributed by atoms with E-state index in [2.05, 4.69) is 55.8 Å². The lowest BCUT2D eigenvalue weighted by atomic mass is 9.36. The van der Waals surface area contributed by atoms with Crippen molar-refractivity contribution in [3.05, 3.63) is 42.5 Å². The molecule has 4 aliphatic carbocycles. The van der Waals surface area contributed by atoms with E-state index < -0.39 is 5.97 Å². The number of pyridine rings is 1. The lowest BCUT2D eigenvalue weighted by Crippen LogP contribution is -2.68. The SMILES string of the molecule is CNC1(COC2C(n3ncnc3-c3ccncc3)CC34COCC2(C)C3CCC2C4=CCC3(C)C(C(=O)O)C(C)CCC23C)CCOCC1. The van der Waals surface area contributed by atoms with Gasteiger partial charge in [0, 0.05) is 47.5 Å². The van der Waals surface area contributed by atoms with Crippen LogP contribution >= 0.6 is 0 Å². The van der Waals surface area contributed by atoms with Gasteiger partial charge in [0.05, 0.1) is 37.9 Å². The number of aliphatic carboxylic acids is 1. The van der Waals surface area contributed by atoms with E-state index in [0.717, 1.165) is 76.0 Å². The van der Waals surface area contributed by atoms with E-state index in [1.807, 2.05) is 24.5 Å². The molecule has 10 nitrogen and oxygen atoms in total. The molecule has 5 fully saturated rings. The van der Waals surface area contributed by atoms with Crippen molar-refractivity contribution in [2.45, 2.75) is 96.7 Å². The summed E-state index contributed by atoms with van der Waals surface area (Å²) < 4.78 is 22.0. The molecule has 8 rings (SSSR count). The highest BCUT2D eigenvalue weighted by Crippen LogP contribution is 2.73. The number of nitrogens with one attached hydrogen (secondary N) is 1. The molecule has 10 atom stereocenters. The summed E-state index contributed by atoms with van der Waals surface area (Å²) in [5.41, 5.74) is 1.54. The first-order valence-electron chi connectivity index (χ1n) is 18.7. The molecule has 266 valence electrons. The molecular formula is C39H55N5O5. The maximum Gasteiger partial charge on any atom is 0.307 e. The van der Waals surface area contributed by atoms with Crippen LogP contribution < -0.4 is 5.32 Å². The number of ether oxygens (including phenoxy) is 3. The highest BCUT2D eigenvalue weighted by molar-refractivity contribution is 5.72. The van der Waals surface area contributed by atoms with Crippen LogP contribution in [0, 0.1) is 45.3 Å². The van der Waals surface area contributed by atoms with Gasteiger partial charge in [0.2, 0.25) is 0 Å². The largest absolute Gasteiger partial charge is 0.481 e. The summed E-state index contributed by atoms with van der Waals surface area (Å²) in [6.45, 7) is 12.7. The molecule has 6 aliphatic rings. The van der Waals surface area contributed by atoms with Crippen molar-refractivity contribution in [2.75, 3.05) is 40.1 Å². The topological polar surface area (TPSA) is 121 Å². The zero-order valence-corrected chi connectivity index (χ0v) is 30.0. The Bertz CT molecular complexity index is 1590. The van der Waals surface area contributed by atoms with Crippen LogP contribution in [0.1, 0.15) is 85.1 Å². The fourth-order valence-corrected chi connectivity index (χ4v) is 12.5. The first-order chi connectivity index (χ1) is 23.5. The Balaban J connectivity index is 1.24. The summed E-state index contributed by atoms with van der Waals surface area (Å²) in [6.07, 6.45) is 15.3.